The first-order valence-electron chi connectivity index (χ1n) is 9.51. The number of aliphatic hydroxyl groups is 1. The van der Waals surface area contributed by atoms with Crippen molar-refractivity contribution >= 4 is 23.0 Å². The molecule has 29 heavy (non-hydrogen) atoms. The summed E-state index contributed by atoms with van der Waals surface area (Å²) in [7, 11) is 3.12. The normalized spacial score (nSPS) is 16.8. The van der Waals surface area contributed by atoms with Crippen LogP contribution in [0.1, 0.15) is 29.5 Å². The van der Waals surface area contributed by atoms with E-state index >= 15 is 0 Å². The highest BCUT2D eigenvalue weighted by Crippen LogP contribution is 2.34. The number of carbonyl (C=O) groups excluding carboxylic acids is 1. The van der Waals surface area contributed by atoms with Gasteiger partial charge in [-0.15, -0.1) is 11.3 Å². The van der Waals surface area contributed by atoms with Gasteiger partial charge in [0.25, 0.3) is 5.91 Å². The number of nitrogens with zero attached hydrogens (tertiary/aromatic N) is 3. The van der Waals surface area contributed by atoms with E-state index in [-0.39, 0.29) is 25.1 Å². The maximum absolute atomic E-state index is 13.2. The zero-order chi connectivity index (χ0) is 20.6. The van der Waals surface area contributed by atoms with Gasteiger partial charge in [-0.3, -0.25) is 9.69 Å². The molecule has 0 fully saturated rings. The molecule has 0 bridgehead atoms. The van der Waals surface area contributed by atoms with Gasteiger partial charge in [-0.25, -0.2) is 5.01 Å². The van der Waals surface area contributed by atoms with Crippen molar-refractivity contribution in [2.45, 2.75) is 25.2 Å². The van der Waals surface area contributed by atoms with Crippen LogP contribution in [-0.2, 0) is 14.3 Å². The number of hydrazone groups is 1. The molecule has 1 unspecified atom stereocenters. The predicted octanol–water partition coefficient (Wildman–Crippen LogP) is 2.32. The molecule has 1 N–H and O–H groups in total. The first kappa shape index (κ1) is 21.7. The Bertz CT molecular complexity index is 774. The lowest BCUT2D eigenvalue weighted by molar-refractivity contribution is -0.139. The third kappa shape index (κ3) is 5.52. The third-order valence-electron chi connectivity index (χ3n) is 4.77. The molecular formula is C20H27N3O5S. The van der Waals surface area contributed by atoms with Crippen LogP contribution in [-0.4, -0.2) is 73.4 Å². The molecule has 3 heterocycles. The smallest absolute Gasteiger partial charge is 0.257 e. The second-order valence-corrected chi connectivity index (χ2v) is 7.66. The number of hydrogen-bond donors (Lipinski definition) is 1. The van der Waals surface area contributed by atoms with Crippen molar-refractivity contribution in [3.63, 3.8) is 0 Å². The van der Waals surface area contributed by atoms with Gasteiger partial charge in [0.2, 0.25) is 0 Å². The minimum atomic E-state index is -0.453. The van der Waals surface area contributed by atoms with Gasteiger partial charge in [0.1, 0.15) is 11.8 Å². The predicted molar refractivity (Wildman–Crippen MR) is 110 cm³/mol. The Hall–Kier alpha value is -2.04. The minimum Gasteiger partial charge on any atom is -0.467 e. The van der Waals surface area contributed by atoms with Gasteiger partial charge in [-0.1, -0.05) is 6.07 Å². The standard InChI is InChI=1S/C20H27N3O5S/c1-26-20(27-2)14-22(8-5-9-24)13-19(25)23-16(17-6-3-10-28-17)12-15(21-23)18-7-4-11-29-18/h3-4,6-7,10-11,16,20,24H,5,8-9,12-14H2,1-2H3. The van der Waals surface area contributed by atoms with Crippen molar-refractivity contribution in [3.05, 3.63) is 46.5 Å². The zero-order valence-electron chi connectivity index (χ0n) is 16.7. The second kappa shape index (κ2) is 10.7. The fourth-order valence-corrected chi connectivity index (χ4v) is 4.00. The molecule has 1 amide bonds. The molecule has 158 valence electrons. The van der Waals surface area contributed by atoms with E-state index in [9.17, 15) is 9.90 Å². The van der Waals surface area contributed by atoms with E-state index in [0.29, 0.717) is 31.7 Å². The molecule has 2 aromatic heterocycles. The number of rotatable bonds is 11. The first-order valence-corrected chi connectivity index (χ1v) is 10.4. The van der Waals surface area contributed by atoms with Crippen molar-refractivity contribution in [2.24, 2.45) is 5.10 Å². The molecule has 1 aliphatic heterocycles. The number of methoxy groups -OCH3 is 2. The topological polar surface area (TPSA) is 87.7 Å². The molecule has 0 saturated heterocycles. The Labute approximate surface area is 174 Å². The Balaban J connectivity index is 1.76. The summed E-state index contributed by atoms with van der Waals surface area (Å²) in [5.74, 6) is 0.573. The molecular weight excluding hydrogens is 394 g/mol. The van der Waals surface area contributed by atoms with Crippen LogP contribution in [0.5, 0.6) is 0 Å². The molecule has 0 saturated carbocycles. The lowest BCUT2D eigenvalue weighted by Gasteiger charge is -2.28. The summed E-state index contributed by atoms with van der Waals surface area (Å²) in [4.78, 5) is 16.2. The van der Waals surface area contributed by atoms with E-state index in [1.807, 2.05) is 34.5 Å². The monoisotopic (exact) mass is 421 g/mol. The first-order chi connectivity index (χ1) is 14.2. The zero-order valence-corrected chi connectivity index (χ0v) is 17.5. The van der Waals surface area contributed by atoms with E-state index in [4.69, 9.17) is 13.9 Å². The second-order valence-electron chi connectivity index (χ2n) is 6.71. The van der Waals surface area contributed by atoms with Crippen LogP contribution in [0.25, 0.3) is 0 Å². The van der Waals surface area contributed by atoms with Crippen molar-refractivity contribution in [2.75, 3.05) is 40.5 Å². The summed E-state index contributed by atoms with van der Waals surface area (Å²) in [5, 5.41) is 17.4. The number of thiophene rings is 1. The molecule has 1 atom stereocenters. The molecule has 2 aromatic rings. The van der Waals surface area contributed by atoms with Crippen LogP contribution in [0.15, 0.2) is 45.4 Å². The SMILES string of the molecule is COC(CN(CCCO)CC(=O)N1N=C(c2cccs2)CC1c1ccco1)OC. The highest BCUT2D eigenvalue weighted by molar-refractivity contribution is 7.12. The molecule has 0 spiro atoms. The molecule has 9 heteroatoms. The van der Waals surface area contributed by atoms with Crippen LogP contribution in [0, 0.1) is 0 Å². The van der Waals surface area contributed by atoms with Gasteiger partial charge in [0.05, 0.1) is 23.4 Å². The Morgan fingerprint density at radius 1 is 1.41 bits per heavy atom. The Kier molecular flexibility index (Phi) is 7.96. The van der Waals surface area contributed by atoms with Gasteiger partial charge >= 0.3 is 0 Å². The van der Waals surface area contributed by atoms with E-state index < -0.39 is 6.29 Å². The summed E-state index contributed by atoms with van der Waals surface area (Å²) in [6.45, 7) is 1.15. The van der Waals surface area contributed by atoms with E-state index in [2.05, 4.69) is 5.10 Å². The fourth-order valence-electron chi connectivity index (χ4n) is 3.28. The van der Waals surface area contributed by atoms with Gasteiger partial charge in [0.15, 0.2) is 6.29 Å². The average molecular weight is 422 g/mol. The highest BCUT2D eigenvalue weighted by atomic mass is 32.1. The number of aliphatic hydroxyl groups excluding tert-OH is 1. The van der Waals surface area contributed by atoms with Gasteiger partial charge in [-0.2, -0.15) is 5.10 Å². The van der Waals surface area contributed by atoms with E-state index in [1.165, 1.54) is 5.01 Å². The van der Waals surface area contributed by atoms with Gasteiger partial charge in [0, 0.05) is 40.3 Å². The lowest BCUT2D eigenvalue weighted by atomic mass is 10.1. The lowest BCUT2D eigenvalue weighted by Crippen LogP contribution is -2.42. The molecule has 0 radical (unpaired) electrons. The minimum absolute atomic E-state index is 0.0503. The molecule has 3 rings (SSSR count). The van der Waals surface area contributed by atoms with Crippen LogP contribution in [0.4, 0.5) is 0 Å². The van der Waals surface area contributed by atoms with Gasteiger partial charge < -0.3 is 19.0 Å². The van der Waals surface area contributed by atoms with Crippen LogP contribution in [0.2, 0.25) is 0 Å². The number of hydrogen-bond acceptors (Lipinski definition) is 8. The van der Waals surface area contributed by atoms with Gasteiger partial charge in [-0.05, 0) is 30.0 Å². The third-order valence-corrected chi connectivity index (χ3v) is 5.69. The quantitative estimate of drug-likeness (QED) is 0.560. The number of furan rings is 1. The number of carbonyl (C=O) groups is 1. The van der Waals surface area contributed by atoms with Crippen LogP contribution >= 0.6 is 11.3 Å². The highest BCUT2D eigenvalue weighted by Gasteiger charge is 2.35. The van der Waals surface area contributed by atoms with Crippen molar-refractivity contribution < 1.29 is 23.8 Å². The summed E-state index contributed by atoms with van der Waals surface area (Å²) in [6, 6.07) is 7.39. The van der Waals surface area contributed by atoms with Crippen molar-refractivity contribution in [1.82, 2.24) is 9.91 Å². The van der Waals surface area contributed by atoms with Crippen LogP contribution < -0.4 is 0 Å². The summed E-state index contributed by atoms with van der Waals surface area (Å²) < 4.78 is 16.1. The maximum atomic E-state index is 13.2. The molecule has 0 aliphatic carbocycles. The summed E-state index contributed by atoms with van der Waals surface area (Å²) in [6.07, 6.45) is 2.32. The molecule has 8 nitrogen and oxygen atoms in total. The largest absolute Gasteiger partial charge is 0.467 e. The fraction of sp³-hybridized carbons (Fsp3) is 0.500. The van der Waals surface area contributed by atoms with Crippen LogP contribution in [0.3, 0.4) is 0 Å². The average Bonchev–Trinajstić information content (AvgIpc) is 3.49. The van der Waals surface area contributed by atoms with Crippen molar-refractivity contribution in [1.29, 1.82) is 0 Å². The Morgan fingerprint density at radius 3 is 2.86 bits per heavy atom. The molecule has 1 aliphatic rings. The number of ether oxygens (including phenoxy) is 2. The van der Waals surface area contributed by atoms with E-state index in [1.54, 1.807) is 31.8 Å². The number of amides is 1. The van der Waals surface area contributed by atoms with E-state index in [0.717, 1.165) is 10.6 Å². The molecule has 0 aromatic carbocycles. The summed E-state index contributed by atoms with van der Waals surface area (Å²) in [5.41, 5.74) is 0.878. The summed E-state index contributed by atoms with van der Waals surface area (Å²) >= 11 is 1.60. The maximum Gasteiger partial charge on any atom is 0.257 e. The van der Waals surface area contributed by atoms with Crippen molar-refractivity contribution in [3.8, 4) is 0 Å². The Morgan fingerprint density at radius 2 is 2.24 bits per heavy atom.